The number of benzene rings is 10. The van der Waals surface area contributed by atoms with Gasteiger partial charge in [0.25, 0.3) is 0 Å². The molecular formula is C54H34N2. The molecule has 1 aliphatic heterocycles. The minimum absolute atomic E-state index is 0.892. The standard InChI is InChI=1S/C54H34N2/c1-3-13-37-27-45(25-23-35(37)11-1)39-19-9-21-47(29-39)53-49-31-41-15-5-7-17-43(41)33-51(49)56-54(50-32-42-16-6-8-18-44(42)34-52(50)55-53)48-22-10-20-40(30-48)46-26-24-36-12-2-4-14-38(36)28-46/h1-34H. The van der Waals surface area contributed by atoms with Crippen LogP contribution in [0.15, 0.2) is 216 Å². The van der Waals surface area contributed by atoms with Crippen LogP contribution in [0.2, 0.25) is 0 Å². The fourth-order valence-corrected chi connectivity index (χ4v) is 8.25. The Balaban J connectivity index is 1.15. The Morgan fingerprint density at radius 1 is 0.214 bits per heavy atom. The predicted octanol–water partition coefficient (Wildman–Crippen LogP) is 14.3. The highest BCUT2D eigenvalue weighted by Gasteiger charge is 2.22. The minimum Gasteiger partial charge on any atom is -0.247 e. The van der Waals surface area contributed by atoms with E-state index in [1.54, 1.807) is 0 Å². The lowest BCUT2D eigenvalue weighted by molar-refractivity contribution is 1.41. The molecular weight excluding hydrogens is 677 g/mol. The molecule has 2 heteroatoms. The summed E-state index contributed by atoms with van der Waals surface area (Å²) in [6.45, 7) is 0. The van der Waals surface area contributed by atoms with Crippen molar-refractivity contribution in [1.29, 1.82) is 0 Å². The molecule has 260 valence electrons. The van der Waals surface area contributed by atoms with Gasteiger partial charge in [-0.15, -0.1) is 0 Å². The lowest BCUT2D eigenvalue weighted by Crippen LogP contribution is -2.11. The Morgan fingerprint density at radius 3 is 0.946 bits per heavy atom. The van der Waals surface area contributed by atoms with Gasteiger partial charge in [0.05, 0.1) is 22.8 Å². The molecule has 10 aromatic carbocycles. The van der Waals surface area contributed by atoms with Crippen molar-refractivity contribution in [2.24, 2.45) is 9.98 Å². The summed E-state index contributed by atoms with van der Waals surface area (Å²) < 4.78 is 0. The molecule has 0 aromatic heterocycles. The molecule has 0 fully saturated rings. The van der Waals surface area contributed by atoms with E-state index < -0.39 is 0 Å². The normalized spacial score (nSPS) is 12.5. The van der Waals surface area contributed by atoms with Crippen molar-refractivity contribution >= 4 is 65.9 Å². The molecule has 0 saturated heterocycles. The van der Waals surface area contributed by atoms with Crippen LogP contribution in [0.1, 0.15) is 22.3 Å². The Bertz CT molecular complexity index is 3040. The van der Waals surface area contributed by atoms with Gasteiger partial charge in [0.2, 0.25) is 0 Å². The largest absolute Gasteiger partial charge is 0.247 e. The zero-order chi connectivity index (χ0) is 37.0. The van der Waals surface area contributed by atoms with Gasteiger partial charge in [-0.25, -0.2) is 9.98 Å². The quantitative estimate of drug-likeness (QED) is 0.174. The maximum atomic E-state index is 5.68. The van der Waals surface area contributed by atoms with Crippen LogP contribution in [-0.4, -0.2) is 11.4 Å². The van der Waals surface area contributed by atoms with Crippen LogP contribution in [0.3, 0.4) is 0 Å². The van der Waals surface area contributed by atoms with Gasteiger partial charge in [0.1, 0.15) is 0 Å². The lowest BCUT2D eigenvalue weighted by atomic mass is 9.91. The number of aliphatic imine (C=N–C) groups is 2. The third-order valence-electron chi connectivity index (χ3n) is 11.1. The zero-order valence-electron chi connectivity index (χ0n) is 30.5. The summed E-state index contributed by atoms with van der Waals surface area (Å²) in [6, 6.07) is 74.2. The van der Waals surface area contributed by atoms with Crippen LogP contribution >= 0.6 is 0 Å². The molecule has 0 N–H and O–H groups in total. The average molecular weight is 711 g/mol. The van der Waals surface area contributed by atoms with E-state index in [0.29, 0.717) is 0 Å². The summed E-state index contributed by atoms with van der Waals surface area (Å²) in [5, 5.41) is 9.50. The molecule has 0 unspecified atom stereocenters. The van der Waals surface area contributed by atoms with Gasteiger partial charge in [-0.3, -0.25) is 0 Å². The summed E-state index contributed by atoms with van der Waals surface area (Å²) in [5.74, 6) is 0. The Labute approximate surface area is 325 Å². The van der Waals surface area contributed by atoms with Gasteiger partial charge in [-0.1, -0.05) is 158 Å². The second kappa shape index (κ2) is 13.2. The van der Waals surface area contributed by atoms with Crippen molar-refractivity contribution in [2.45, 2.75) is 0 Å². The van der Waals surface area contributed by atoms with Crippen molar-refractivity contribution < 1.29 is 0 Å². The fourth-order valence-electron chi connectivity index (χ4n) is 8.25. The summed E-state index contributed by atoms with van der Waals surface area (Å²) >= 11 is 0. The van der Waals surface area contributed by atoms with Gasteiger partial charge in [-0.2, -0.15) is 0 Å². The Hall–Kier alpha value is -7.42. The molecule has 0 atom stereocenters. The third-order valence-corrected chi connectivity index (χ3v) is 11.1. The first-order chi connectivity index (χ1) is 27.7. The highest BCUT2D eigenvalue weighted by Crippen LogP contribution is 2.39. The van der Waals surface area contributed by atoms with Crippen LogP contribution in [0.4, 0.5) is 11.4 Å². The summed E-state index contributed by atoms with van der Waals surface area (Å²) in [4.78, 5) is 11.4. The summed E-state index contributed by atoms with van der Waals surface area (Å²) in [7, 11) is 0. The monoisotopic (exact) mass is 710 g/mol. The molecule has 1 heterocycles. The van der Waals surface area contributed by atoms with E-state index >= 15 is 0 Å². The molecule has 0 radical (unpaired) electrons. The molecule has 0 amide bonds. The molecule has 1 aliphatic rings. The van der Waals surface area contributed by atoms with Crippen LogP contribution in [0, 0.1) is 0 Å². The second-order valence-electron chi connectivity index (χ2n) is 14.6. The number of rotatable bonds is 4. The SMILES string of the molecule is c1cc(C2=Nc3cc4ccccc4cc3C(c3cccc(-c4ccc5ccccc5c4)c3)=Nc3cc4ccccc4cc32)cc(-c2ccc3ccccc3c2)c1. The van der Waals surface area contributed by atoms with E-state index in [9.17, 15) is 0 Å². The van der Waals surface area contributed by atoms with Crippen LogP contribution < -0.4 is 0 Å². The fraction of sp³-hybridized carbons (Fsp3) is 0. The Morgan fingerprint density at radius 2 is 0.536 bits per heavy atom. The third kappa shape index (κ3) is 5.68. The molecule has 0 saturated carbocycles. The molecule has 56 heavy (non-hydrogen) atoms. The second-order valence-corrected chi connectivity index (χ2v) is 14.6. The van der Waals surface area contributed by atoms with Gasteiger partial charge < -0.3 is 0 Å². The topological polar surface area (TPSA) is 24.7 Å². The molecule has 0 bridgehead atoms. The van der Waals surface area contributed by atoms with E-state index in [4.69, 9.17) is 9.98 Å². The highest BCUT2D eigenvalue weighted by atomic mass is 14.8. The van der Waals surface area contributed by atoms with Crippen molar-refractivity contribution in [3.8, 4) is 22.3 Å². The first-order valence-electron chi connectivity index (χ1n) is 19.1. The highest BCUT2D eigenvalue weighted by molar-refractivity contribution is 6.24. The average Bonchev–Trinajstić information content (AvgIpc) is 3.26. The van der Waals surface area contributed by atoms with E-state index in [1.165, 1.54) is 32.7 Å². The first kappa shape index (κ1) is 32.0. The number of hydrogen-bond acceptors (Lipinski definition) is 2. The lowest BCUT2D eigenvalue weighted by Gasteiger charge is -2.20. The van der Waals surface area contributed by atoms with Crippen molar-refractivity contribution in [2.75, 3.05) is 0 Å². The van der Waals surface area contributed by atoms with Crippen LogP contribution in [-0.2, 0) is 0 Å². The number of fused-ring (bicyclic) bond motifs is 6. The summed E-state index contributed by atoms with van der Waals surface area (Å²) in [6.07, 6.45) is 0. The van der Waals surface area contributed by atoms with E-state index in [1.807, 2.05) is 0 Å². The zero-order valence-corrected chi connectivity index (χ0v) is 30.5. The van der Waals surface area contributed by atoms with Crippen LogP contribution in [0.5, 0.6) is 0 Å². The van der Waals surface area contributed by atoms with Crippen LogP contribution in [0.25, 0.3) is 65.3 Å². The molecule has 10 aromatic rings. The minimum atomic E-state index is 0.892. The molecule has 0 aliphatic carbocycles. The first-order valence-corrected chi connectivity index (χ1v) is 19.1. The van der Waals surface area contributed by atoms with Gasteiger partial charge in [0, 0.05) is 22.3 Å². The van der Waals surface area contributed by atoms with E-state index in [2.05, 4.69) is 206 Å². The van der Waals surface area contributed by atoms with Gasteiger partial charge >= 0.3 is 0 Å². The predicted molar refractivity (Wildman–Crippen MR) is 237 cm³/mol. The molecule has 2 nitrogen and oxygen atoms in total. The number of nitrogens with zero attached hydrogens (tertiary/aromatic N) is 2. The smallest absolute Gasteiger partial charge is 0.0803 e. The number of hydrogen-bond donors (Lipinski definition) is 0. The molecule has 11 rings (SSSR count). The van der Waals surface area contributed by atoms with Crippen molar-refractivity contribution in [1.82, 2.24) is 0 Å². The maximum absolute atomic E-state index is 5.68. The maximum Gasteiger partial charge on any atom is 0.0803 e. The van der Waals surface area contributed by atoms with Crippen molar-refractivity contribution in [3.05, 3.63) is 229 Å². The Kier molecular flexibility index (Phi) is 7.53. The van der Waals surface area contributed by atoms with Gasteiger partial charge in [0.15, 0.2) is 0 Å². The van der Waals surface area contributed by atoms with Crippen molar-refractivity contribution in [3.63, 3.8) is 0 Å². The summed E-state index contributed by atoms with van der Waals surface area (Å²) in [5.41, 5.74) is 12.3. The van der Waals surface area contributed by atoms with Gasteiger partial charge in [-0.05, 0) is 114 Å². The van der Waals surface area contributed by atoms with E-state index in [0.717, 1.165) is 77.7 Å². The van der Waals surface area contributed by atoms with E-state index in [-0.39, 0.29) is 0 Å². The molecule has 0 spiro atoms.